The normalized spacial score (nSPS) is 13.4. The summed E-state index contributed by atoms with van der Waals surface area (Å²) >= 11 is 0. The quantitative estimate of drug-likeness (QED) is 0.936. The fourth-order valence-electron chi connectivity index (χ4n) is 2.02. The Morgan fingerprint density at radius 2 is 2.05 bits per heavy atom. The zero-order valence-corrected chi connectivity index (χ0v) is 10.9. The van der Waals surface area contributed by atoms with Gasteiger partial charge in [-0.1, -0.05) is 12.1 Å². The van der Waals surface area contributed by atoms with E-state index in [1.54, 1.807) is 17.9 Å². The molecule has 0 saturated carbocycles. The smallest absolute Gasteiger partial charge is 0.388 e. The van der Waals surface area contributed by atoms with Crippen molar-refractivity contribution in [2.24, 2.45) is 7.05 Å². The number of aromatic nitrogens is 2. The van der Waals surface area contributed by atoms with Gasteiger partial charge in [0.15, 0.2) is 0 Å². The van der Waals surface area contributed by atoms with Gasteiger partial charge in [0.25, 0.3) is 0 Å². The van der Waals surface area contributed by atoms with Crippen molar-refractivity contribution in [3.8, 4) is 0 Å². The molecule has 0 aliphatic heterocycles. The maximum atomic E-state index is 12.6. The minimum absolute atomic E-state index is 0.280. The van der Waals surface area contributed by atoms with E-state index in [9.17, 15) is 18.3 Å². The van der Waals surface area contributed by atoms with E-state index in [4.69, 9.17) is 0 Å². The first-order valence-electron chi connectivity index (χ1n) is 6.20. The van der Waals surface area contributed by atoms with Crippen LogP contribution in [0.4, 0.5) is 13.2 Å². The van der Waals surface area contributed by atoms with E-state index in [1.807, 2.05) is 6.07 Å². The lowest BCUT2D eigenvalue weighted by Crippen LogP contribution is -2.08. The van der Waals surface area contributed by atoms with Crippen LogP contribution in [0, 0.1) is 0 Å². The van der Waals surface area contributed by atoms with Gasteiger partial charge in [0.2, 0.25) is 0 Å². The van der Waals surface area contributed by atoms with Gasteiger partial charge in [-0.05, 0) is 36.6 Å². The molecule has 3 nitrogen and oxygen atoms in total. The predicted molar refractivity (Wildman–Crippen MR) is 67.9 cm³/mol. The van der Waals surface area contributed by atoms with E-state index in [1.165, 1.54) is 12.1 Å². The molecule has 1 N–H and O–H groups in total. The molecule has 0 saturated heterocycles. The summed E-state index contributed by atoms with van der Waals surface area (Å²) < 4.78 is 39.5. The number of aliphatic hydroxyl groups is 1. The van der Waals surface area contributed by atoms with Crippen LogP contribution in [0.15, 0.2) is 36.5 Å². The fourth-order valence-corrected chi connectivity index (χ4v) is 2.02. The van der Waals surface area contributed by atoms with Gasteiger partial charge in [0.1, 0.15) is 0 Å². The van der Waals surface area contributed by atoms with Crippen molar-refractivity contribution >= 4 is 0 Å². The molecule has 1 unspecified atom stereocenters. The van der Waals surface area contributed by atoms with E-state index in [2.05, 4.69) is 5.10 Å². The van der Waals surface area contributed by atoms with Crippen molar-refractivity contribution in [1.82, 2.24) is 9.78 Å². The number of benzene rings is 1. The fraction of sp³-hybridized carbons (Fsp3) is 0.357. The zero-order chi connectivity index (χ0) is 14.8. The molecule has 0 spiro atoms. The van der Waals surface area contributed by atoms with Gasteiger partial charge in [-0.2, -0.15) is 18.3 Å². The molecular formula is C14H15F3N2O. The molecule has 0 amide bonds. The number of hydrogen-bond acceptors (Lipinski definition) is 2. The second-order valence-corrected chi connectivity index (χ2v) is 4.62. The third-order valence-electron chi connectivity index (χ3n) is 3.20. The van der Waals surface area contributed by atoms with Crippen LogP contribution >= 0.6 is 0 Å². The molecule has 1 aromatic heterocycles. The minimum atomic E-state index is -4.39. The van der Waals surface area contributed by atoms with Gasteiger partial charge in [-0.25, -0.2) is 0 Å². The van der Waals surface area contributed by atoms with Gasteiger partial charge in [0, 0.05) is 18.9 Å². The molecular weight excluding hydrogens is 269 g/mol. The van der Waals surface area contributed by atoms with E-state index >= 15 is 0 Å². The summed E-state index contributed by atoms with van der Waals surface area (Å²) in [5.74, 6) is 0. The molecule has 108 valence electrons. The summed E-state index contributed by atoms with van der Waals surface area (Å²) in [6, 6.07) is 6.62. The molecule has 0 bridgehead atoms. The van der Waals surface area contributed by atoms with E-state index < -0.39 is 17.8 Å². The molecule has 0 aliphatic carbocycles. The second kappa shape index (κ2) is 5.66. The molecule has 20 heavy (non-hydrogen) atoms. The average Bonchev–Trinajstić information content (AvgIpc) is 2.81. The maximum absolute atomic E-state index is 12.6. The number of hydrogen-bond donors (Lipinski definition) is 1. The SMILES string of the molecule is Cn1nccc1CCC(O)c1cccc(C(F)(F)F)c1. The third kappa shape index (κ3) is 3.39. The van der Waals surface area contributed by atoms with Crippen molar-refractivity contribution in [1.29, 1.82) is 0 Å². The average molecular weight is 284 g/mol. The number of nitrogens with zero attached hydrogens (tertiary/aromatic N) is 2. The molecule has 1 aromatic carbocycles. The van der Waals surface area contributed by atoms with Crippen LogP contribution in [0.5, 0.6) is 0 Å². The van der Waals surface area contributed by atoms with E-state index in [0.29, 0.717) is 12.8 Å². The number of aliphatic hydroxyl groups excluding tert-OH is 1. The Morgan fingerprint density at radius 1 is 1.30 bits per heavy atom. The first kappa shape index (κ1) is 14.6. The number of alkyl halides is 3. The molecule has 0 aliphatic rings. The lowest BCUT2D eigenvalue weighted by atomic mass is 10.0. The highest BCUT2D eigenvalue weighted by Gasteiger charge is 2.30. The predicted octanol–water partition coefficient (Wildman–Crippen LogP) is 3.11. The molecule has 0 radical (unpaired) electrons. The van der Waals surface area contributed by atoms with Gasteiger partial charge in [-0.3, -0.25) is 4.68 Å². The first-order valence-corrected chi connectivity index (χ1v) is 6.20. The Hall–Kier alpha value is -1.82. The third-order valence-corrected chi connectivity index (χ3v) is 3.20. The lowest BCUT2D eigenvalue weighted by molar-refractivity contribution is -0.137. The largest absolute Gasteiger partial charge is 0.416 e. The highest BCUT2D eigenvalue weighted by atomic mass is 19.4. The molecule has 1 atom stereocenters. The second-order valence-electron chi connectivity index (χ2n) is 4.62. The van der Waals surface area contributed by atoms with Crippen molar-refractivity contribution in [3.05, 3.63) is 53.3 Å². The van der Waals surface area contributed by atoms with E-state index in [0.717, 1.165) is 17.8 Å². The summed E-state index contributed by atoms with van der Waals surface area (Å²) in [6.07, 6.45) is -2.77. The molecule has 2 rings (SSSR count). The van der Waals surface area contributed by atoms with Crippen LogP contribution in [0.1, 0.15) is 29.3 Å². The maximum Gasteiger partial charge on any atom is 0.416 e. The Balaban J connectivity index is 2.06. The topological polar surface area (TPSA) is 38.0 Å². The molecule has 2 aromatic rings. The highest BCUT2D eigenvalue weighted by Crippen LogP contribution is 2.31. The standard InChI is InChI=1S/C14H15F3N2O/c1-19-12(7-8-18-19)5-6-13(20)10-3-2-4-11(9-10)14(15,16)17/h2-4,7-9,13,20H,5-6H2,1H3. The van der Waals surface area contributed by atoms with Crippen LogP contribution < -0.4 is 0 Å². The number of rotatable bonds is 4. The Kier molecular flexibility index (Phi) is 4.13. The Morgan fingerprint density at radius 3 is 2.65 bits per heavy atom. The van der Waals surface area contributed by atoms with Gasteiger partial charge in [0.05, 0.1) is 11.7 Å². The van der Waals surface area contributed by atoms with Crippen molar-refractivity contribution in [3.63, 3.8) is 0 Å². The monoisotopic (exact) mass is 284 g/mol. The highest BCUT2D eigenvalue weighted by molar-refractivity contribution is 5.27. The van der Waals surface area contributed by atoms with Gasteiger partial charge in [-0.15, -0.1) is 0 Å². The van der Waals surface area contributed by atoms with Gasteiger partial charge >= 0.3 is 6.18 Å². The first-order chi connectivity index (χ1) is 9.38. The van der Waals surface area contributed by atoms with Crippen LogP contribution in [0.25, 0.3) is 0 Å². The lowest BCUT2D eigenvalue weighted by Gasteiger charge is -2.13. The van der Waals surface area contributed by atoms with Crippen LogP contribution in [0.3, 0.4) is 0 Å². The van der Waals surface area contributed by atoms with E-state index in [-0.39, 0.29) is 5.56 Å². The Labute approximate surface area is 114 Å². The number of halogens is 3. The summed E-state index contributed by atoms with van der Waals surface area (Å²) in [5.41, 5.74) is 0.465. The Bertz CT molecular complexity index is 578. The van der Waals surface area contributed by atoms with Crippen molar-refractivity contribution in [2.45, 2.75) is 25.1 Å². The summed E-state index contributed by atoms with van der Waals surface area (Å²) in [6.45, 7) is 0. The summed E-state index contributed by atoms with van der Waals surface area (Å²) in [4.78, 5) is 0. The molecule has 0 fully saturated rings. The zero-order valence-electron chi connectivity index (χ0n) is 10.9. The minimum Gasteiger partial charge on any atom is -0.388 e. The van der Waals surface area contributed by atoms with Crippen LogP contribution in [-0.2, 0) is 19.6 Å². The van der Waals surface area contributed by atoms with Crippen LogP contribution in [0.2, 0.25) is 0 Å². The molecule has 6 heteroatoms. The summed E-state index contributed by atoms with van der Waals surface area (Å²) in [7, 11) is 1.78. The van der Waals surface area contributed by atoms with Crippen molar-refractivity contribution < 1.29 is 18.3 Å². The van der Waals surface area contributed by atoms with Gasteiger partial charge < -0.3 is 5.11 Å². The number of aryl methyl sites for hydroxylation is 2. The molecule has 1 heterocycles. The van der Waals surface area contributed by atoms with Crippen molar-refractivity contribution in [2.75, 3.05) is 0 Å². The summed E-state index contributed by atoms with van der Waals surface area (Å²) in [5, 5.41) is 14.0. The van der Waals surface area contributed by atoms with Crippen LogP contribution in [-0.4, -0.2) is 14.9 Å².